The van der Waals surface area contributed by atoms with Crippen molar-refractivity contribution in [1.82, 2.24) is 0 Å². The van der Waals surface area contributed by atoms with Crippen LogP contribution in [0.3, 0.4) is 0 Å². The molecule has 0 aliphatic heterocycles. The molecule has 3 nitrogen and oxygen atoms in total. The van der Waals surface area contributed by atoms with Crippen LogP contribution in [0.5, 0.6) is 0 Å². The van der Waals surface area contributed by atoms with Crippen LogP contribution >= 0.6 is 0 Å². The minimum atomic E-state index is -4.46. The zero-order valence-electron chi connectivity index (χ0n) is 8.32. The molecule has 0 spiro atoms. The van der Waals surface area contributed by atoms with Crippen LogP contribution in [0.4, 0.5) is 13.2 Å². The minimum absolute atomic E-state index is 0.128. The number of carboxylic acid groups (broad SMARTS) is 1. The summed E-state index contributed by atoms with van der Waals surface area (Å²) >= 11 is 0. The monoisotopic (exact) mass is 241 g/mol. The van der Waals surface area contributed by atoms with Gasteiger partial charge in [0.25, 0.3) is 0 Å². The Kier molecular flexibility index (Phi) is 3.53. The molecule has 0 unspecified atom stereocenters. The summed E-state index contributed by atoms with van der Waals surface area (Å²) in [6.45, 7) is 0. The van der Waals surface area contributed by atoms with E-state index in [-0.39, 0.29) is 11.1 Å². The van der Waals surface area contributed by atoms with Gasteiger partial charge in [-0.1, -0.05) is 12.1 Å². The molecule has 1 aromatic carbocycles. The summed E-state index contributed by atoms with van der Waals surface area (Å²) in [5.41, 5.74) is -0.928. The number of halogens is 3. The van der Waals surface area contributed by atoms with Crippen molar-refractivity contribution in [3.05, 3.63) is 41.5 Å². The first-order valence-corrected chi connectivity index (χ1v) is 4.37. The molecule has 0 amide bonds. The van der Waals surface area contributed by atoms with Crippen LogP contribution < -0.4 is 0 Å². The Labute approximate surface area is 94.4 Å². The summed E-state index contributed by atoms with van der Waals surface area (Å²) in [6.07, 6.45) is -3.82. The molecule has 0 radical (unpaired) electrons. The van der Waals surface area contributed by atoms with Gasteiger partial charge in [-0.3, -0.25) is 0 Å². The summed E-state index contributed by atoms with van der Waals surface area (Å²) in [6, 6.07) is 5.31. The topological polar surface area (TPSA) is 61.1 Å². The van der Waals surface area contributed by atoms with E-state index in [1.807, 2.05) is 0 Å². The highest BCUT2D eigenvalue weighted by Gasteiger charge is 2.30. The van der Waals surface area contributed by atoms with Crippen LogP contribution in [0.25, 0.3) is 5.57 Å². The molecule has 0 atom stereocenters. The number of hydrogen-bond acceptors (Lipinski definition) is 2. The Balaban J connectivity index is 3.11. The molecule has 0 saturated carbocycles. The van der Waals surface area contributed by atoms with Crippen molar-refractivity contribution >= 4 is 11.5 Å². The molecule has 0 aromatic heterocycles. The van der Waals surface area contributed by atoms with Crippen LogP contribution in [-0.4, -0.2) is 11.1 Å². The van der Waals surface area contributed by atoms with Gasteiger partial charge in [-0.05, 0) is 17.7 Å². The molecule has 0 aliphatic rings. The maximum absolute atomic E-state index is 12.2. The highest BCUT2D eigenvalue weighted by atomic mass is 19.4. The van der Waals surface area contributed by atoms with Gasteiger partial charge >= 0.3 is 12.1 Å². The number of carboxylic acids is 1. The molecule has 0 aliphatic carbocycles. The van der Waals surface area contributed by atoms with E-state index in [1.54, 1.807) is 6.07 Å². The van der Waals surface area contributed by atoms with Crippen molar-refractivity contribution in [2.24, 2.45) is 0 Å². The van der Waals surface area contributed by atoms with Gasteiger partial charge in [0.2, 0.25) is 0 Å². The molecule has 17 heavy (non-hydrogen) atoms. The Morgan fingerprint density at radius 1 is 1.29 bits per heavy atom. The summed E-state index contributed by atoms with van der Waals surface area (Å²) < 4.78 is 36.7. The molecule has 0 bridgehead atoms. The third kappa shape index (κ3) is 3.34. The smallest absolute Gasteiger partial charge is 0.416 e. The van der Waals surface area contributed by atoms with Crippen molar-refractivity contribution < 1.29 is 23.1 Å². The first-order valence-electron chi connectivity index (χ1n) is 4.37. The predicted molar refractivity (Wildman–Crippen MR) is 52.7 cm³/mol. The summed E-state index contributed by atoms with van der Waals surface area (Å²) in [4.78, 5) is 10.4. The van der Waals surface area contributed by atoms with E-state index in [1.165, 1.54) is 0 Å². The van der Waals surface area contributed by atoms with Gasteiger partial charge in [-0.15, -0.1) is 0 Å². The number of aliphatic carboxylic acids is 1. The SMILES string of the molecule is N#CC(=CC(=O)O)c1ccc(C(F)(F)F)cc1. The number of allylic oxidation sites excluding steroid dienone is 1. The molecule has 0 heterocycles. The van der Waals surface area contributed by atoms with E-state index in [0.29, 0.717) is 6.08 Å². The fourth-order valence-electron chi connectivity index (χ4n) is 1.14. The lowest BCUT2D eigenvalue weighted by atomic mass is 10.0. The van der Waals surface area contributed by atoms with Gasteiger partial charge in [0.05, 0.1) is 11.1 Å². The molecule has 1 N–H and O–H groups in total. The van der Waals surface area contributed by atoms with Crippen LogP contribution in [0.15, 0.2) is 30.3 Å². The number of benzene rings is 1. The van der Waals surface area contributed by atoms with Crippen molar-refractivity contribution in [1.29, 1.82) is 5.26 Å². The fourth-order valence-corrected chi connectivity index (χ4v) is 1.14. The summed E-state index contributed by atoms with van der Waals surface area (Å²) in [7, 11) is 0. The zero-order chi connectivity index (χ0) is 13.1. The second-order valence-electron chi connectivity index (χ2n) is 3.08. The maximum Gasteiger partial charge on any atom is 0.416 e. The first-order chi connectivity index (χ1) is 7.84. The molecule has 88 valence electrons. The summed E-state index contributed by atoms with van der Waals surface area (Å²) in [5.74, 6) is -1.33. The largest absolute Gasteiger partial charge is 0.478 e. The highest BCUT2D eigenvalue weighted by molar-refractivity contribution is 5.94. The average molecular weight is 241 g/mol. The van der Waals surface area contributed by atoms with Gasteiger partial charge in [0, 0.05) is 6.08 Å². The number of carbonyl (C=O) groups is 1. The van der Waals surface area contributed by atoms with Crippen molar-refractivity contribution in [3.8, 4) is 6.07 Å². The Hall–Kier alpha value is -2.29. The van der Waals surface area contributed by atoms with E-state index in [4.69, 9.17) is 10.4 Å². The molecular weight excluding hydrogens is 235 g/mol. The Morgan fingerprint density at radius 2 is 1.82 bits per heavy atom. The van der Waals surface area contributed by atoms with E-state index in [0.717, 1.165) is 24.3 Å². The molecule has 6 heteroatoms. The van der Waals surface area contributed by atoms with E-state index < -0.39 is 17.7 Å². The number of alkyl halides is 3. The number of rotatable bonds is 2. The van der Waals surface area contributed by atoms with Gasteiger partial charge in [0.15, 0.2) is 0 Å². The third-order valence-corrected chi connectivity index (χ3v) is 1.91. The second-order valence-corrected chi connectivity index (χ2v) is 3.08. The van der Waals surface area contributed by atoms with Gasteiger partial charge in [-0.25, -0.2) is 4.79 Å². The van der Waals surface area contributed by atoms with Gasteiger partial charge in [0.1, 0.15) is 6.07 Å². The van der Waals surface area contributed by atoms with Gasteiger partial charge < -0.3 is 5.11 Å². The first kappa shape index (κ1) is 12.8. The number of hydrogen-bond donors (Lipinski definition) is 1. The standard InChI is InChI=1S/C11H6F3NO2/c12-11(13,14)9-3-1-7(2-4-9)8(6-15)5-10(16)17/h1-5H,(H,16,17). The molecule has 1 aromatic rings. The minimum Gasteiger partial charge on any atom is -0.478 e. The number of nitriles is 1. The van der Waals surface area contributed by atoms with Crippen LogP contribution in [0.1, 0.15) is 11.1 Å². The molecule has 0 fully saturated rings. The molecular formula is C11H6F3NO2. The summed E-state index contributed by atoms with van der Waals surface area (Å²) in [5, 5.41) is 17.1. The Morgan fingerprint density at radius 3 is 2.18 bits per heavy atom. The third-order valence-electron chi connectivity index (χ3n) is 1.91. The van der Waals surface area contributed by atoms with Crippen LogP contribution in [0.2, 0.25) is 0 Å². The Bertz CT molecular complexity index is 495. The van der Waals surface area contributed by atoms with E-state index >= 15 is 0 Å². The van der Waals surface area contributed by atoms with Crippen molar-refractivity contribution in [2.45, 2.75) is 6.18 Å². The van der Waals surface area contributed by atoms with Crippen molar-refractivity contribution in [2.75, 3.05) is 0 Å². The molecule has 1 rings (SSSR count). The fraction of sp³-hybridized carbons (Fsp3) is 0.0909. The van der Waals surface area contributed by atoms with Crippen LogP contribution in [0, 0.1) is 11.3 Å². The van der Waals surface area contributed by atoms with Crippen molar-refractivity contribution in [3.63, 3.8) is 0 Å². The lowest BCUT2D eigenvalue weighted by Gasteiger charge is -2.06. The van der Waals surface area contributed by atoms with Gasteiger partial charge in [-0.2, -0.15) is 18.4 Å². The normalized spacial score (nSPS) is 12.0. The van der Waals surface area contributed by atoms with E-state index in [2.05, 4.69) is 0 Å². The second kappa shape index (κ2) is 4.70. The highest BCUT2D eigenvalue weighted by Crippen LogP contribution is 2.29. The van der Waals surface area contributed by atoms with E-state index in [9.17, 15) is 18.0 Å². The van der Waals surface area contributed by atoms with Crippen LogP contribution in [-0.2, 0) is 11.0 Å². The average Bonchev–Trinajstić information content (AvgIpc) is 2.24. The quantitative estimate of drug-likeness (QED) is 0.639. The zero-order valence-corrected chi connectivity index (χ0v) is 8.32. The maximum atomic E-state index is 12.2. The lowest BCUT2D eigenvalue weighted by Crippen LogP contribution is -2.04. The number of nitrogens with zero attached hydrogens (tertiary/aromatic N) is 1. The predicted octanol–water partition coefficient (Wildman–Crippen LogP) is 2.70. The molecule has 0 saturated heterocycles. The lowest BCUT2D eigenvalue weighted by molar-refractivity contribution is -0.137.